The van der Waals surface area contributed by atoms with Crippen LogP contribution in [0.5, 0.6) is 0 Å². The van der Waals surface area contributed by atoms with Gasteiger partial charge in [-0.15, -0.1) is 5.73 Å². The molecule has 0 heterocycles. The average Bonchev–Trinajstić information content (AvgIpc) is 1.99. The molecule has 0 aromatic heterocycles. The van der Waals surface area contributed by atoms with Gasteiger partial charge in [0, 0.05) is 6.08 Å². The average molecular weight is 203 g/mol. The minimum atomic E-state index is 0.106. The van der Waals surface area contributed by atoms with Crippen molar-refractivity contribution in [3.63, 3.8) is 0 Å². The van der Waals surface area contributed by atoms with E-state index in [0.29, 0.717) is 0 Å². The Morgan fingerprint density at radius 3 is 1.80 bits per heavy atom. The highest BCUT2D eigenvalue weighted by Gasteiger charge is 2.27. The number of nitriles is 1. The van der Waals surface area contributed by atoms with E-state index in [1.54, 1.807) is 6.08 Å². The molecule has 0 spiro atoms. The summed E-state index contributed by atoms with van der Waals surface area (Å²) in [6.45, 7) is 13.1. The van der Waals surface area contributed by atoms with Gasteiger partial charge in [0.2, 0.25) is 0 Å². The molecule has 82 valence electrons. The van der Waals surface area contributed by atoms with E-state index in [-0.39, 0.29) is 10.8 Å². The fourth-order valence-electron chi connectivity index (χ4n) is 1.78. The quantitative estimate of drug-likeness (QED) is 0.355. The van der Waals surface area contributed by atoms with E-state index in [4.69, 9.17) is 5.26 Å². The van der Waals surface area contributed by atoms with Gasteiger partial charge >= 0.3 is 0 Å². The Bertz CT molecular complexity index is 315. The molecule has 0 aliphatic heterocycles. The highest BCUT2D eigenvalue weighted by molar-refractivity contribution is 5.21. The zero-order chi connectivity index (χ0) is 12.1. The predicted octanol–water partition coefficient (Wildman–Crippen LogP) is 4.24. The minimum Gasteiger partial charge on any atom is -0.193 e. The molecule has 1 heteroatoms. The topological polar surface area (TPSA) is 23.8 Å². The number of hydrogen-bond donors (Lipinski definition) is 0. The Morgan fingerprint density at radius 1 is 1.00 bits per heavy atom. The van der Waals surface area contributed by atoms with Crippen molar-refractivity contribution in [3.05, 3.63) is 29.5 Å². The standard InChI is InChI=1S/C14H21N/c1-13(2,3)12(14(4,5)6)10-8-7-9-11-15/h7-9H,1-6H3/b9-7-. The Morgan fingerprint density at radius 2 is 1.47 bits per heavy atom. The molecule has 0 atom stereocenters. The molecule has 1 nitrogen and oxygen atoms in total. The highest BCUT2D eigenvalue weighted by Crippen LogP contribution is 2.38. The number of rotatable bonds is 1. The van der Waals surface area contributed by atoms with E-state index in [1.165, 1.54) is 11.6 Å². The maximum Gasteiger partial charge on any atom is 0.0912 e. The van der Waals surface area contributed by atoms with Crippen LogP contribution in [0.4, 0.5) is 0 Å². The Balaban J connectivity index is 5.25. The maximum absolute atomic E-state index is 8.36. The van der Waals surface area contributed by atoms with Crippen LogP contribution in [0, 0.1) is 22.2 Å². The Kier molecular flexibility index (Phi) is 4.59. The molecule has 0 N–H and O–H groups in total. The van der Waals surface area contributed by atoms with Crippen LogP contribution >= 0.6 is 0 Å². The molecule has 0 aliphatic carbocycles. The molecule has 0 aliphatic rings. The first-order chi connectivity index (χ1) is 6.69. The molecule has 0 bridgehead atoms. The Labute approximate surface area is 93.8 Å². The fraction of sp³-hybridized carbons (Fsp3) is 0.571. The number of hydrogen-bond acceptors (Lipinski definition) is 1. The zero-order valence-electron chi connectivity index (χ0n) is 10.7. The second-order valence-electron chi connectivity index (χ2n) is 5.67. The van der Waals surface area contributed by atoms with Gasteiger partial charge in [-0.3, -0.25) is 0 Å². The van der Waals surface area contributed by atoms with Gasteiger partial charge in [0.15, 0.2) is 0 Å². The van der Waals surface area contributed by atoms with Gasteiger partial charge in [-0.25, -0.2) is 0 Å². The summed E-state index contributed by atoms with van der Waals surface area (Å²) < 4.78 is 0. The molecule has 0 amide bonds. The summed E-state index contributed by atoms with van der Waals surface area (Å²) in [7, 11) is 0. The molecular weight excluding hydrogens is 182 g/mol. The molecule has 15 heavy (non-hydrogen) atoms. The van der Waals surface area contributed by atoms with Gasteiger partial charge in [0.05, 0.1) is 6.07 Å². The smallest absolute Gasteiger partial charge is 0.0912 e. The fourth-order valence-corrected chi connectivity index (χ4v) is 1.78. The first-order valence-corrected chi connectivity index (χ1v) is 5.22. The molecule has 0 radical (unpaired) electrons. The number of nitrogens with zero attached hydrogens (tertiary/aromatic N) is 1. The summed E-state index contributed by atoms with van der Waals surface area (Å²) in [5.41, 5.74) is 4.76. The normalized spacial score (nSPS) is 12.1. The summed E-state index contributed by atoms with van der Waals surface area (Å²) in [6, 6.07) is 1.96. The van der Waals surface area contributed by atoms with Crippen LogP contribution in [0.3, 0.4) is 0 Å². The van der Waals surface area contributed by atoms with Crippen LogP contribution in [0.2, 0.25) is 0 Å². The predicted molar refractivity (Wildman–Crippen MR) is 65.3 cm³/mol. The summed E-state index contributed by atoms with van der Waals surface area (Å²) >= 11 is 0. The lowest BCUT2D eigenvalue weighted by atomic mass is 9.72. The van der Waals surface area contributed by atoms with Crippen molar-refractivity contribution in [1.29, 1.82) is 5.26 Å². The van der Waals surface area contributed by atoms with Gasteiger partial charge in [0.25, 0.3) is 0 Å². The number of allylic oxidation sites excluding steroid dienone is 3. The molecule has 0 fully saturated rings. The van der Waals surface area contributed by atoms with Gasteiger partial charge < -0.3 is 0 Å². The maximum atomic E-state index is 8.36. The molecule has 0 saturated heterocycles. The first-order valence-electron chi connectivity index (χ1n) is 5.22. The van der Waals surface area contributed by atoms with E-state index in [1.807, 2.05) is 12.1 Å². The third-order valence-corrected chi connectivity index (χ3v) is 1.99. The van der Waals surface area contributed by atoms with E-state index in [9.17, 15) is 0 Å². The van der Waals surface area contributed by atoms with Crippen LogP contribution in [0.15, 0.2) is 29.5 Å². The summed E-state index contributed by atoms with van der Waals surface area (Å²) in [5.74, 6) is 0. The van der Waals surface area contributed by atoms with E-state index < -0.39 is 0 Å². The van der Waals surface area contributed by atoms with E-state index in [0.717, 1.165) is 0 Å². The van der Waals surface area contributed by atoms with Crippen LogP contribution in [0.1, 0.15) is 41.5 Å². The molecule has 0 aromatic rings. The van der Waals surface area contributed by atoms with E-state index in [2.05, 4.69) is 47.3 Å². The molecule has 0 rings (SSSR count). The van der Waals surface area contributed by atoms with Gasteiger partial charge in [-0.1, -0.05) is 41.5 Å². The van der Waals surface area contributed by atoms with Gasteiger partial charge in [0.1, 0.15) is 0 Å². The molecule has 0 saturated carbocycles. The largest absolute Gasteiger partial charge is 0.193 e. The lowest BCUT2D eigenvalue weighted by Crippen LogP contribution is -2.21. The summed E-state index contributed by atoms with van der Waals surface area (Å²) in [6.07, 6.45) is 4.99. The molecule has 0 unspecified atom stereocenters. The van der Waals surface area contributed by atoms with Crippen molar-refractivity contribution in [2.75, 3.05) is 0 Å². The SMILES string of the molecule is CC(C)(C)C(=C=C/C=C\C#N)C(C)(C)C. The minimum absolute atomic E-state index is 0.106. The van der Waals surface area contributed by atoms with Gasteiger partial charge in [-0.05, 0) is 28.6 Å². The molecule has 0 aromatic carbocycles. The van der Waals surface area contributed by atoms with Crippen molar-refractivity contribution < 1.29 is 0 Å². The molecular formula is C14H21N. The Hall–Kier alpha value is -1.25. The van der Waals surface area contributed by atoms with Crippen molar-refractivity contribution in [1.82, 2.24) is 0 Å². The highest BCUT2D eigenvalue weighted by atomic mass is 14.3. The first kappa shape index (κ1) is 13.8. The van der Waals surface area contributed by atoms with Crippen LogP contribution in [-0.4, -0.2) is 0 Å². The second kappa shape index (κ2) is 5.01. The van der Waals surface area contributed by atoms with Gasteiger partial charge in [-0.2, -0.15) is 5.26 Å². The van der Waals surface area contributed by atoms with Crippen LogP contribution in [0.25, 0.3) is 0 Å². The van der Waals surface area contributed by atoms with Crippen LogP contribution < -0.4 is 0 Å². The van der Waals surface area contributed by atoms with Crippen LogP contribution in [-0.2, 0) is 0 Å². The lowest BCUT2D eigenvalue weighted by Gasteiger charge is -2.32. The summed E-state index contributed by atoms with van der Waals surface area (Å²) in [4.78, 5) is 0. The zero-order valence-corrected chi connectivity index (χ0v) is 10.7. The third-order valence-electron chi connectivity index (χ3n) is 1.99. The van der Waals surface area contributed by atoms with Crippen molar-refractivity contribution in [2.24, 2.45) is 10.8 Å². The monoisotopic (exact) mass is 203 g/mol. The second-order valence-corrected chi connectivity index (χ2v) is 5.67. The summed E-state index contributed by atoms with van der Waals surface area (Å²) in [5, 5.41) is 8.36. The van der Waals surface area contributed by atoms with E-state index >= 15 is 0 Å². The van der Waals surface area contributed by atoms with Crippen molar-refractivity contribution in [3.8, 4) is 6.07 Å². The third kappa shape index (κ3) is 5.25. The van der Waals surface area contributed by atoms with Crippen molar-refractivity contribution in [2.45, 2.75) is 41.5 Å². The van der Waals surface area contributed by atoms with Crippen molar-refractivity contribution >= 4 is 0 Å². The lowest BCUT2D eigenvalue weighted by molar-refractivity contribution is 0.363.